The molecule has 0 aliphatic carbocycles. The zero-order valence-electron chi connectivity index (χ0n) is 15.1. The predicted molar refractivity (Wildman–Crippen MR) is 103 cm³/mol. The lowest BCUT2D eigenvalue weighted by molar-refractivity contribution is 0.0999. The van der Waals surface area contributed by atoms with Crippen molar-refractivity contribution in [1.29, 1.82) is 0 Å². The number of carbonyl (C=O) groups is 1. The van der Waals surface area contributed by atoms with Gasteiger partial charge in [0.25, 0.3) is 0 Å². The largest absolute Gasteiger partial charge is 0.399 e. The third kappa shape index (κ3) is 2.41. The van der Waals surface area contributed by atoms with Gasteiger partial charge >= 0.3 is 0 Å². The Hall–Kier alpha value is -3.55. The molecule has 0 amide bonds. The van der Waals surface area contributed by atoms with Crippen LogP contribution < -0.4 is 11.1 Å². The highest BCUT2D eigenvalue weighted by Crippen LogP contribution is 2.44. The van der Waals surface area contributed by atoms with E-state index in [4.69, 9.17) is 5.73 Å². The number of rotatable bonds is 2. The predicted octanol–water partition coefficient (Wildman–Crippen LogP) is 2.47. The Balaban J connectivity index is 1.76. The number of aryl methyl sites for hydroxylation is 1. The molecule has 3 heterocycles. The first-order valence-electron chi connectivity index (χ1n) is 8.90. The minimum Gasteiger partial charge on any atom is -0.399 e. The molecule has 0 saturated carbocycles. The Labute approximate surface area is 160 Å². The van der Waals surface area contributed by atoms with Crippen LogP contribution in [0.1, 0.15) is 39.3 Å². The van der Waals surface area contributed by atoms with E-state index >= 15 is 0 Å². The van der Waals surface area contributed by atoms with Gasteiger partial charge in [-0.3, -0.25) is 14.5 Å². The second kappa shape index (κ2) is 5.98. The second-order valence-electron chi connectivity index (χ2n) is 7.01. The maximum absolute atomic E-state index is 14.2. The van der Waals surface area contributed by atoms with Crippen molar-refractivity contribution in [2.45, 2.75) is 12.0 Å². The number of nitrogens with one attached hydrogen (secondary N) is 1. The molecule has 0 fully saturated rings. The van der Waals surface area contributed by atoms with Crippen LogP contribution in [-0.2, 0) is 7.05 Å². The number of Topliss-reactive ketones (excluding diaryl/α,β-unsaturated/α-hetero) is 1. The van der Waals surface area contributed by atoms with Crippen molar-refractivity contribution in [3.05, 3.63) is 71.1 Å². The number of ketones is 1. The quantitative estimate of drug-likeness (QED) is 0.670. The van der Waals surface area contributed by atoms with Gasteiger partial charge < -0.3 is 11.1 Å². The molecule has 8 heteroatoms. The lowest BCUT2D eigenvalue weighted by Gasteiger charge is -2.37. The molecule has 3 aromatic rings. The number of hydrogen-bond acceptors (Lipinski definition) is 6. The standard InChI is InChI=1S/C20H17FN6O/c1-27-20(24-9-25-27)17-18(10-2-4-12(22)5-3-10)26-14-7-11(21)6-13-15(28)8-23-19(17)16(13)14/h2-7,9,17-18,26H,8,22H2,1H3/t17-,18-/m0/s1. The molecule has 140 valence electrons. The minimum atomic E-state index is -0.455. The van der Waals surface area contributed by atoms with Gasteiger partial charge in [0.05, 0.1) is 17.7 Å². The van der Waals surface area contributed by atoms with Crippen LogP contribution in [0.5, 0.6) is 0 Å². The zero-order chi connectivity index (χ0) is 19.4. The van der Waals surface area contributed by atoms with Crippen molar-refractivity contribution in [2.24, 2.45) is 12.0 Å². The van der Waals surface area contributed by atoms with Gasteiger partial charge in [-0.1, -0.05) is 12.1 Å². The fourth-order valence-electron chi connectivity index (χ4n) is 4.04. The van der Waals surface area contributed by atoms with Crippen LogP contribution in [0.25, 0.3) is 0 Å². The molecular formula is C20H17FN6O. The second-order valence-corrected chi connectivity index (χ2v) is 7.01. The van der Waals surface area contributed by atoms with Crippen LogP contribution in [0, 0.1) is 5.82 Å². The molecule has 0 unspecified atom stereocenters. The Bertz CT molecular complexity index is 1130. The Morgan fingerprint density at radius 1 is 1.25 bits per heavy atom. The van der Waals surface area contributed by atoms with Gasteiger partial charge in [-0.2, -0.15) is 5.10 Å². The molecule has 2 atom stereocenters. The molecular weight excluding hydrogens is 359 g/mol. The van der Waals surface area contributed by atoms with Gasteiger partial charge in [0.15, 0.2) is 5.78 Å². The third-order valence-corrected chi connectivity index (χ3v) is 5.31. The summed E-state index contributed by atoms with van der Waals surface area (Å²) in [6.07, 6.45) is 1.49. The molecule has 2 aliphatic heterocycles. The van der Waals surface area contributed by atoms with Crippen LogP contribution in [0.2, 0.25) is 0 Å². The van der Waals surface area contributed by atoms with Crippen LogP contribution in [-0.4, -0.2) is 32.8 Å². The summed E-state index contributed by atoms with van der Waals surface area (Å²) in [6, 6.07) is 9.93. The van der Waals surface area contributed by atoms with Gasteiger partial charge in [-0.15, -0.1) is 0 Å². The van der Waals surface area contributed by atoms with Crippen molar-refractivity contribution < 1.29 is 9.18 Å². The van der Waals surface area contributed by atoms with Gasteiger partial charge in [0.2, 0.25) is 0 Å². The molecule has 1 aromatic heterocycles. The minimum absolute atomic E-state index is 0.00592. The van der Waals surface area contributed by atoms with Crippen LogP contribution in [0.3, 0.4) is 0 Å². The number of benzene rings is 2. The van der Waals surface area contributed by atoms with E-state index in [1.54, 1.807) is 4.68 Å². The Kier molecular flexibility index (Phi) is 3.55. The smallest absolute Gasteiger partial charge is 0.185 e. The first-order chi connectivity index (χ1) is 13.5. The van der Waals surface area contributed by atoms with Crippen LogP contribution in [0.15, 0.2) is 47.7 Å². The van der Waals surface area contributed by atoms with E-state index < -0.39 is 5.82 Å². The summed E-state index contributed by atoms with van der Waals surface area (Å²) in [7, 11) is 1.82. The molecule has 3 N–H and O–H groups in total. The van der Waals surface area contributed by atoms with Crippen molar-refractivity contribution in [3.63, 3.8) is 0 Å². The SMILES string of the molecule is Cn1ncnc1[C@@H]1C2=NCC(=O)c3cc(F)cc(c32)N[C@H]1c1ccc(N)cc1. The molecule has 0 saturated heterocycles. The Morgan fingerprint density at radius 3 is 2.75 bits per heavy atom. The molecule has 28 heavy (non-hydrogen) atoms. The maximum atomic E-state index is 14.2. The highest BCUT2D eigenvalue weighted by molar-refractivity contribution is 6.21. The van der Waals surface area contributed by atoms with Gasteiger partial charge in [0.1, 0.15) is 24.5 Å². The van der Waals surface area contributed by atoms with E-state index in [1.807, 2.05) is 31.3 Å². The average molecular weight is 376 g/mol. The molecule has 2 aromatic carbocycles. The van der Waals surface area contributed by atoms with E-state index in [1.165, 1.54) is 18.5 Å². The van der Waals surface area contributed by atoms with Crippen LogP contribution >= 0.6 is 0 Å². The number of halogens is 1. The monoisotopic (exact) mass is 376 g/mol. The summed E-state index contributed by atoms with van der Waals surface area (Å²) in [4.78, 5) is 21.4. The number of aromatic nitrogens is 3. The summed E-state index contributed by atoms with van der Waals surface area (Å²) in [6.45, 7) is -0.00592. The number of aliphatic imine (C=N–C) groups is 1. The molecule has 0 spiro atoms. The van der Waals surface area contributed by atoms with Crippen molar-refractivity contribution in [2.75, 3.05) is 17.6 Å². The fourth-order valence-corrected chi connectivity index (χ4v) is 4.04. The number of carbonyl (C=O) groups excluding carboxylic acids is 1. The van der Waals surface area contributed by atoms with Gasteiger partial charge in [-0.25, -0.2) is 9.37 Å². The summed E-state index contributed by atoms with van der Waals surface area (Å²) in [5.74, 6) is -0.225. The number of nitrogen functional groups attached to an aromatic ring is 1. The first-order valence-corrected chi connectivity index (χ1v) is 8.90. The number of nitrogens with zero attached hydrogens (tertiary/aromatic N) is 4. The number of nitrogens with two attached hydrogens (primary N) is 1. The molecule has 7 nitrogen and oxygen atoms in total. The molecule has 5 rings (SSSR count). The van der Waals surface area contributed by atoms with E-state index in [0.717, 1.165) is 11.3 Å². The maximum Gasteiger partial charge on any atom is 0.185 e. The van der Waals surface area contributed by atoms with Crippen molar-refractivity contribution in [3.8, 4) is 0 Å². The normalized spacial score (nSPS) is 20.4. The van der Waals surface area contributed by atoms with Crippen LogP contribution in [0.4, 0.5) is 15.8 Å². The van der Waals surface area contributed by atoms with Crippen molar-refractivity contribution in [1.82, 2.24) is 14.8 Å². The Morgan fingerprint density at radius 2 is 2.04 bits per heavy atom. The summed E-state index contributed by atoms with van der Waals surface area (Å²) < 4.78 is 15.9. The first kappa shape index (κ1) is 16.6. The fraction of sp³-hybridized carbons (Fsp3) is 0.200. The summed E-state index contributed by atoms with van der Waals surface area (Å²) >= 11 is 0. The summed E-state index contributed by atoms with van der Waals surface area (Å²) in [5, 5.41) is 7.61. The summed E-state index contributed by atoms with van der Waals surface area (Å²) in [5.41, 5.74) is 9.75. The third-order valence-electron chi connectivity index (χ3n) is 5.31. The lowest BCUT2D eigenvalue weighted by Crippen LogP contribution is -2.37. The van der Waals surface area contributed by atoms with E-state index in [9.17, 15) is 9.18 Å². The van der Waals surface area contributed by atoms with E-state index in [-0.39, 0.29) is 24.3 Å². The highest BCUT2D eigenvalue weighted by Gasteiger charge is 2.41. The molecule has 0 bridgehead atoms. The van der Waals surface area contributed by atoms with Gasteiger partial charge in [0, 0.05) is 29.5 Å². The van der Waals surface area contributed by atoms with Crippen molar-refractivity contribution >= 4 is 22.9 Å². The zero-order valence-corrected chi connectivity index (χ0v) is 15.1. The number of anilines is 2. The average Bonchev–Trinajstić information content (AvgIpc) is 3.10. The van der Waals surface area contributed by atoms with E-state index in [0.29, 0.717) is 28.3 Å². The number of hydrogen-bond donors (Lipinski definition) is 2. The van der Waals surface area contributed by atoms with E-state index in [2.05, 4.69) is 20.4 Å². The highest BCUT2D eigenvalue weighted by atomic mass is 19.1. The molecule has 0 radical (unpaired) electrons. The lowest BCUT2D eigenvalue weighted by atomic mass is 9.78. The topological polar surface area (TPSA) is 98.2 Å². The van der Waals surface area contributed by atoms with Gasteiger partial charge in [-0.05, 0) is 29.8 Å². The molecule has 2 aliphatic rings.